The Morgan fingerprint density at radius 3 is 2.73 bits per heavy atom. The molecule has 40 heavy (non-hydrogen) atoms. The predicted octanol–water partition coefficient (Wildman–Crippen LogP) is 3.61. The van der Waals surface area contributed by atoms with E-state index in [1.807, 2.05) is 24.4 Å². The van der Waals surface area contributed by atoms with Crippen molar-refractivity contribution in [1.29, 1.82) is 0 Å². The summed E-state index contributed by atoms with van der Waals surface area (Å²) in [5.74, 6) is 2.45. The number of ether oxygens (including phenoxy) is 4. The first-order valence-corrected chi connectivity index (χ1v) is 14.8. The maximum atomic E-state index is 13.0. The lowest BCUT2D eigenvalue weighted by molar-refractivity contribution is -0.131. The summed E-state index contributed by atoms with van der Waals surface area (Å²) < 4.78 is 23.0. The minimum Gasteiger partial charge on any atom is -0.471 e. The van der Waals surface area contributed by atoms with Crippen molar-refractivity contribution in [1.82, 2.24) is 15.6 Å². The molecule has 1 aliphatic carbocycles. The molecule has 3 aliphatic heterocycles. The summed E-state index contributed by atoms with van der Waals surface area (Å²) in [5, 5.41) is 18.2. The van der Waals surface area contributed by atoms with E-state index in [4.69, 9.17) is 23.9 Å². The van der Waals surface area contributed by atoms with E-state index in [1.54, 1.807) is 0 Å². The van der Waals surface area contributed by atoms with Gasteiger partial charge in [0.15, 0.2) is 11.5 Å². The molecule has 3 N–H and O–H groups in total. The smallest absolute Gasteiger partial charge is 0.249 e. The molecule has 6 rings (SSSR count). The molecule has 9 heteroatoms. The molecule has 2 fully saturated rings. The van der Waals surface area contributed by atoms with Gasteiger partial charge in [-0.25, -0.2) is 4.98 Å². The lowest BCUT2D eigenvalue weighted by Gasteiger charge is -2.47. The third-order valence-electron chi connectivity index (χ3n) is 8.59. The molecular formula is C31H41N3O6. The van der Waals surface area contributed by atoms with Crippen LogP contribution in [0.1, 0.15) is 75.1 Å². The minimum absolute atomic E-state index is 0.0124. The first-order chi connectivity index (χ1) is 19.4. The molecule has 9 nitrogen and oxygen atoms in total. The van der Waals surface area contributed by atoms with Gasteiger partial charge in [-0.05, 0) is 80.2 Å². The summed E-state index contributed by atoms with van der Waals surface area (Å²) in [6, 6.07) is 7.47. The summed E-state index contributed by atoms with van der Waals surface area (Å²) in [4.78, 5) is 17.7. The quantitative estimate of drug-likeness (QED) is 0.411. The number of aromatic nitrogens is 1. The van der Waals surface area contributed by atoms with E-state index < -0.39 is 18.2 Å². The number of hydrogen-bond donors (Lipinski definition) is 3. The van der Waals surface area contributed by atoms with Crippen LogP contribution >= 0.6 is 0 Å². The highest BCUT2D eigenvalue weighted by Gasteiger charge is 2.46. The van der Waals surface area contributed by atoms with E-state index in [0.717, 1.165) is 49.7 Å². The van der Waals surface area contributed by atoms with E-state index >= 15 is 0 Å². The van der Waals surface area contributed by atoms with Crippen LogP contribution in [0.5, 0.6) is 17.4 Å². The van der Waals surface area contributed by atoms with Gasteiger partial charge >= 0.3 is 0 Å². The number of aliphatic hydroxyl groups excluding tert-OH is 1. The Morgan fingerprint density at radius 2 is 1.98 bits per heavy atom. The van der Waals surface area contributed by atoms with Crippen LogP contribution in [-0.2, 0) is 22.4 Å². The zero-order chi connectivity index (χ0) is 27.7. The third kappa shape index (κ3) is 5.92. The van der Waals surface area contributed by atoms with Crippen molar-refractivity contribution in [3.8, 4) is 17.4 Å². The second-order valence-corrected chi connectivity index (χ2v) is 12.2. The van der Waals surface area contributed by atoms with Gasteiger partial charge in [-0.2, -0.15) is 0 Å². The van der Waals surface area contributed by atoms with Crippen molar-refractivity contribution in [2.24, 2.45) is 5.92 Å². The maximum Gasteiger partial charge on any atom is 0.249 e. The van der Waals surface area contributed by atoms with Gasteiger partial charge in [-0.1, -0.05) is 19.9 Å². The summed E-state index contributed by atoms with van der Waals surface area (Å²) in [6.07, 6.45) is 7.65. The zero-order valence-electron chi connectivity index (χ0n) is 23.5. The van der Waals surface area contributed by atoms with Crippen LogP contribution in [0, 0.1) is 5.92 Å². The number of pyridine rings is 1. The van der Waals surface area contributed by atoms with E-state index in [1.165, 1.54) is 5.56 Å². The van der Waals surface area contributed by atoms with Crippen LogP contribution < -0.4 is 24.8 Å². The molecule has 1 aromatic carbocycles. The zero-order valence-corrected chi connectivity index (χ0v) is 23.5. The standard InChI is InChI=1S/C31H41N3O6/c1-19(2)11-21-12-22-24(15-31(8-4-9-31)40-30(22)33-16-21)32-17-25(35)23(34-29(36)27-5-3-10-37-27)13-20-6-7-26-28(14-20)39-18-38-26/h6-7,12,14,16,19,23-25,27,32,35H,3-5,8-11,13,15,17-18H2,1-2H3,(H,34,36)/t23-,24-,25+,27+/m0/s1. The normalized spacial score (nSPS) is 23.8. The Hall–Kier alpha value is -2.88. The van der Waals surface area contributed by atoms with Gasteiger partial charge in [-0.15, -0.1) is 0 Å². The SMILES string of the molecule is CC(C)Cc1cnc2c(c1)[C@@H](NC[C@@H](O)[C@H](Cc1ccc3c(c1)OCO3)NC(=O)[C@H]1CCCO1)CC1(CCC1)O2. The van der Waals surface area contributed by atoms with E-state index in [9.17, 15) is 9.90 Å². The van der Waals surface area contributed by atoms with Crippen LogP contribution in [0.25, 0.3) is 0 Å². The predicted molar refractivity (Wildman–Crippen MR) is 149 cm³/mol. The lowest BCUT2D eigenvalue weighted by Crippen LogP contribution is -2.53. The molecule has 4 aliphatic rings. The molecule has 4 atom stereocenters. The Bertz CT molecular complexity index is 1210. The van der Waals surface area contributed by atoms with Crippen molar-refractivity contribution >= 4 is 5.91 Å². The van der Waals surface area contributed by atoms with Gasteiger partial charge in [0.1, 0.15) is 11.7 Å². The molecule has 1 saturated carbocycles. The first-order valence-electron chi connectivity index (χ1n) is 14.8. The van der Waals surface area contributed by atoms with Crippen molar-refractivity contribution in [3.63, 3.8) is 0 Å². The molecule has 1 saturated heterocycles. The van der Waals surface area contributed by atoms with Crippen molar-refractivity contribution in [2.45, 2.75) is 95.1 Å². The number of aliphatic hydroxyl groups is 1. The lowest BCUT2D eigenvalue weighted by atomic mass is 9.73. The number of fused-ring (bicyclic) bond motifs is 2. The topological polar surface area (TPSA) is 111 Å². The van der Waals surface area contributed by atoms with Crippen molar-refractivity contribution < 1.29 is 28.8 Å². The number of nitrogens with zero attached hydrogens (tertiary/aromatic N) is 1. The average molecular weight is 552 g/mol. The minimum atomic E-state index is -0.828. The Morgan fingerprint density at radius 1 is 1.12 bits per heavy atom. The van der Waals surface area contributed by atoms with E-state index in [2.05, 4.69) is 30.5 Å². The van der Waals surface area contributed by atoms with Crippen LogP contribution in [0.3, 0.4) is 0 Å². The third-order valence-corrected chi connectivity index (χ3v) is 8.59. The molecule has 1 amide bonds. The van der Waals surface area contributed by atoms with Crippen LogP contribution in [0.15, 0.2) is 30.5 Å². The van der Waals surface area contributed by atoms with Crippen LogP contribution in [-0.4, -0.2) is 59.8 Å². The van der Waals surface area contributed by atoms with Crippen LogP contribution in [0.4, 0.5) is 0 Å². The number of benzene rings is 1. The fourth-order valence-electron chi connectivity index (χ4n) is 6.29. The van der Waals surface area contributed by atoms with E-state index in [0.29, 0.717) is 49.3 Å². The molecule has 4 heterocycles. The first kappa shape index (κ1) is 27.3. The highest BCUT2D eigenvalue weighted by Crippen LogP contribution is 2.48. The summed E-state index contributed by atoms with van der Waals surface area (Å²) in [6.45, 7) is 5.52. The molecular weight excluding hydrogens is 510 g/mol. The van der Waals surface area contributed by atoms with Gasteiger partial charge in [-0.3, -0.25) is 4.79 Å². The Labute approximate surface area is 235 Å². The molecule has 1 aromatic heterocycles. The van der Waals surface area contributed by atoms with Crippen molar-refractivity contribution in [3.05, 3.63) is 47.2 Å². The molecule has 0 bridgehead atoms. The van der Waals surface area contributed by atoms with Gasteiger partial charge in [0, 0.05) is 37.4 Å². The van der Waals surface area contributed by atoms with Gasteiger partial charge < -0.3 is 34.7 Å². The summed E-state index contributed by atoms with van der Waals surface area (Å²) in [7, 11) is 0. The Balaban J connectivity index is 1.18. The summed E-state index contributed by atoms with van der Waals surface area (Å²) in [5.41, 5.74) is 3.02. The monoisotopic (exact) mass is 551 g/mol. The number of hydrogen-bond acceptors (Lipinski definition) is 8. The summed E-state index contributed by atoms with van der Waals surface area (Å²) >= 11 is 0. The molecule has 0 radical (unpaired) electrons. The van der Waals surface area contributed by atoms with E-state index in [-0.39, 0.29) is 24.3 Å². The highest BCUT2D eigenvalue weighted by atomic mass is 16.7. The number of rotatable bonds is 10. The number of amides is 1. The fourth-order valence-corrected chi connectivity index (χ4v) is 6.29. The molecule has 1 spiro atoms. The van der Waals surface area contributed by atoms with Gasteiger partial charge in [0.25, 0.3) is 0 Å². The number of carbonyl (C=O) groups excluding carboxylic acids is 1. The van der Waals surface area contributed by atoms with Crippen molar-refractivity contribution in [2.75, 3.05) is 19.9 Å². The fraction of sp³-hybridized carbons (Fsp3) is 0.613. The Kier molecular flexibility index (Phi) is 7.88. The molecule has 0 unspecified atom stereocenters. The largest absolute Gasteiger partial charge is 0.471 e. The van der Waals surface area contributed by atoms with Gasteiger partial charge in [0.2, 0.25) is 18.6 Å². The van der Waals surface area contributed by atoms with Crippen LogP contribution in [0.2, 0.25) is 0 Å². The maximum absolute atomic E-state index is 13.0. The number of nitrogens with one attached hydrogen (secondary N) is 2. The molecule has 216 valence electrons. The second kappa shape index (κ2) is 11.5. The highest BCUT2D eigenvalue weighted by molar-refractivity contribution is 5.81. The second-order valence-electron chi connectivity index (χ2n) is 12.2. The molecule has 2 aromatic rings. The van der Waals surface area contributed by atoms with Gasteiger partial charge in [0.05, 0.1) is 12.1 Å². The average Bonchev–Trinajstić information content (AvgIpc) is 3.62. The number of carbonyl (C=O) groups is 1.